The number of benzene rings is 2. The fraction of sp³-hybridized carbons (Fsp3) is 0.188. The van der Waals surface area contributed by atoms with Crippen molar-refractivity contribution in [2.45, 2.75) is 12.8 Å². The van der Waals surface area contributed by atoms with Crippen LogP contribution in [0.4, 0.5) is 11.4 Å². The summed E-state index contributed by atoms with van der Waals surface area (Å²) in [5, 5.41) is 13.6. The molecule has 3 rings (SSSR count). The van der Waals surface area contributed by atoms with Crippen LogP contribution < -0.4 is 14.8 Å². The third kappa shape index (κ3) is 3.57. The zero-order chi connectivity index (χ0) is 17.1. The van der Waals surface area contributed by atoms with E-state index in [4.69, 9.17) is 21.1 Å². The van der Waals surface area contributed by atoms with Crippen molar-refractivity contribution in [2.24, 2.45) is 0 Å². The highest BCUT2D eigenvalue weighted by atomic mass is 35.5. The number of hydrogen-bond donors (Lipinski definition) is 1. The van der Waals surface area contributed by atoms with Gasteiger partial charge in [0.1, 0.15) is 0 Å². The summed E-state index contributed by atoms with van der Waals surface area (Å²) >= 11 is 5.96. The fourth-order valence-corrected chi connectivity index (χ4v) is 2.45. The summed E-state index contributed by atoms with van der Waals surface area (Å²) in [5.41, 5.74) is 1.02. The number of ether oxygens (including phenoxy) is 2. The minimum Gasteiger partial charge on any atom is -0.454 e. The molecule has 1 aliphatic heterocycles. The zero-order valence-electron chi connectivity index (χ0n) is 12.5. The van der Waals surface area contributed by atoms with Gasteiger partial charge >= 0.3 is 0 Å². The van der Waals surface area contributed by atoms with E-state index in [1.165, 1.54) is 18.2 Å². The van der Waals surface area contributed by atoms with Gasteiger partial charge < -0.3 is 14.8 Å². The Balaban J connectivity index is 1.62. The molecule has 1 N–H and O–H groups in total. The van der Waals surface area contributed by atoms with E-state index in [9.17, 15) is 14.9 Å². The van der Waals surface area contributed by atoms with Crippen molar-refractivity contribution in [3.8, 4) is 11.5 Å². The van der Waals surface area contributed by atoms with Crippen molar-refractivity contribution >= 4 is 28.9 Å². The molecule has 0 atom stereocenters. The lowest BCUT2D eigenvalue weighted by Crippen LogP contribution is -2.12. The largest absolute Gasteiger partial charge is 0.454 e. The van der Waals surface area contributed by atoms with Crippen LogP contribution in [0.3, 0.4) is 0 Å². The van der Waals surface area contributed by atoms with E-state index in [0.29, 0.717) is 17.9 Å². The lowest BCUT2D eigenvalue weighted by Gasteiger charge is -2.07. The Kier molecular flexibility index (Phi) is 4.52. The molecule has 7 nitrogen and oxygen atoms in total. The van der Waals surface area contributed by atoms with Crippen LogP contribution in [0.1, 0.15) is 12.0 Å². The van der Waals surface area contributed by atoms with Crippen molar-refractivity contribution < 1.29 is 19.2 Å². The van der Waals surface area contributed by atoms with Crippen molar-refractivity contribution in [1.82, 2.24) is 0 Å². The maximum atomic E-state index is 12.1. The zero-order valence-corrected chi connectivity index (χ0v) is 13.2. The molecule has 0 saturated heterocycles. The molecule has 0 aromatic heterocycles. The van der Waals surface area contributed by atoms with Crippen LogP contribution in [0.2, 0.25) is 5.02 Å². The number of rotatable bonds is 5. The Morgan fingerprint density at radius 3 is 2.79 bits per heavy atom. The lowest BCUT2D eigenvalue weighted by molar-refractivity contribution is -0.384. The number of fused-ring (bicyclic) bond motifs is 1. The third-order valence-corrected chi connectivity index (χ3v) is 3.84. The number of halogens is 1. The van der Waals surface area contributed by atoms with Crippen molar-refractivity contribution in [2.75, 3.05) is 12.1 Å². The normalized spacial score (nSPS) is 12.0. The Bertz CT molecular complexity index is 809. The Morgan fingerprint density at radius 1 is 1.21 bits per heavy atom. The van der Waals surface area contributed by atoms with Crippen LogP contribution >= 0.6 is 11.6 Å². The van der Waals surface area contributed by atoms with Crippen LogP contribution in [-0.4, -0.2) is 17.6 Å². The van der Waals surface area contributed by atoms with E-state index >= 15 is 0 Å². The molecular weight excluding hydrogens is 336 g/mol. The second-order valence-electron chi connectivity index (χ2n) is 5.16. The number of hydrogen-bond acceptors (Lipinski definition) is 5. The summed E-state index contributed by atoms with van der Waals surface area (Å²) in [6.07, 6.45) is 0.702. The molecule has 0 spiro atoms. The van der Waals surface area contributed by atoms with E-state index in [2.05, 4.69) is 5.32 Å². The fourth-order valence-electron chi connectivity index (χ4n) is 2.29. The van der Waals surface area contributed by atoms with Crippen molar-refractivity contribution in [1.29, 1.82) is 0 Å². The molecule has 24 heavy (non-hydrogen) atoms. The smallest absolute Gasteiger partial charge is 0.271 e. The minimum absolute atomic E-state index is 0.134. The summed E-state index contributed by atoms with van der Waals surface area (Å²) in [5.74, 6) is 1.07. The number of nitro groups is 1. The quantitative estimate of drug-likeness (QED) is 0.659. The van der Waals surface area contributed by atoms with Gasteiger partial charge in [-0.1, -0.05) is 17.7 Å². The summed E-state index contributed by atoms with van der Waals surface area (Å²) < 4.78 is 10.5. The van der Waals surface area contributed by atoms with E-state index in [0.717, 1.165) is 5.56 Å². The first kappa shape index (κ1) is 16.1. The Hall–Kier alpha value is -2.80. The molecule has 1 amide bonds. The van der Waals surface area contributed by atoms with Gasteiger partial charge in [-0.15, -0.1) is 0 Å². The number of nitro benzene ring substituents is 1. The van der Waals surface area contributed by atoms with Crippen LogP contribution in [0.25, 0.3) is 0 Å². The Labute approximate surface area is 142 Å². The summed E-state index contributed by atoms with van der Waals surface area (Å²) in [4.78, 5) is 22.3. The predicted molar refractivity (Wildman–Crippen MR) is 87.6 cm³/mol. The number of anilines is 1. The molecule has 1 heterocycles. The van der Waals surface area contributed by atoms with Gasteiger partial charge in [-0.3, -0.25) is 14.9 Å². The van der Waals surface area contributed by atoms with Gasteiger partial charge in [0.05, 0.1) is 15.6 Å². The molecule has 0 bridgehead atoms. The molecule has 0 saturated carbocycles. The SMILES string of the molecule is O=C(CCc1ccc2c(c1)OCO2)Nc1cc([N+](=O)[O-])ccc1Cl. The standard InChI is InChI=1S/C16H13ClN2O5/c17-12-4-3-11(19(21)22)8-13(12)18-16(20)6-2-10-1-5-14-15(7-10)24-9-23-14/h1,3-5,7-8H,2,6,9H2,(H,18,20). The molecule has 0 fully saturated rings. The second-order valence-corrected chi connectivity index (χ2v) is 5.56. The van der Waals surface area contributed by atoms with Gasteiger partial charge in [0.15, 0.2) is 11.5 Å². The number of aryl methyl sites for hydroxylation is 1. The minimum atomic E-state index is -0.543. The highest BCUT2D eigenvalue weighted by Gasteiger charge is 2.15. The highest BCUT2D eigenvalue weighted by Crippen LogP contribution is 2.33. The van der Waals surface area contributed by atoms with E-state index in [1.54, 1.807) is 6.07 Å². The number of amides is 1. The maximum Gasteiger partial charge on any atom is 0.271 e. The number of carbonyl (C=O) groups is 1. The van der Waals surface area contributed by atoms with Gasteiger partial charge in [0.25, 0.3) is 5.69 Å². The van der Waals surface area contributed by atoms with Crippen molar-refractivity contribution in [3.63, 3.8) is 0 Å². The number of carbonyl (C=O) groups excluding carboxylic acids is 1. The molecular formula is C16H13ClN2O5. The van der Waals surface area contributed by atoms with Gasteiger partial charge in [-0.2, -0.15) is 0 Å². The molecule has 1 aliphatic rings. The average Bonchev–Trinajstić information content (AvgIpc) is 3.02. The van der Waals surface area contributed by atoms with Gasteiger partial charge in [0, 0.05) is 18.6 Å². The first-order chi connectivity index (χ1) is 11.5. The lowest BCUT2D eigenvalue weighted by atomic mass is 10.1. The first-order valence-electron chi connectivity index (χ1n) is 7.15. The first-order valence-corrected chi connectivity index (χ1v) is 7.53. The Morgan fingerprint density at radius 2 is 2.00 bits per heavy atom. The molecule has 0 unspecified atom stereocenters. The number of nitrogens with one attached hydrogen (secondary N) is 1. The van der Waals surface area contributed by atoms with Crippen molar-refractivity contribution in [3.05, 3.63) is 57.1 Å². The summed E-state index contributed by atoms with van der Waals surface area (Å²) in [6.45, 7) is 0.199. The van der Waals surface area contributed by atoms with E-state index < -0.39 is 4.92 Å². The van der Waals surface area contributed by atoms with Crippen LogP contribution in [0, 0.1) is 10.1 Å². The topological polar surface area (TPSA) is 90.7 Å². The van der Waals surface area contributed by atoms with Gasteiger partial charge in [-0.05, 0) is 30.2 Å². The molecule has 0 radical (unpaired) electrons. The summed E-state index contributed by atoms with van der Waals surface area (Å²) in [7, 11) is 0. The van der Waals surface area contributed by atoms with Gasteiger partial charge in [-0.25, -0.2) is 0 Å². The second kappa shape index (κ2) is 6.76. The van der Waals surface area contributed by atoms with Crippen LogP contribution in [0.15, 0.2) is 36.4 Å². The molecule has 124 valence electrons. The van der Waals surface area contributed by atoms with E-state index in [-0.39, 0.29) is 35.5 Å². The average molecular weight is 349 g/mol. The molecule has 2 aromatic carbocycles. The molecule has 2 aromatic rings. The summed E-state index contributed by atoms with van der Waals surface area (Å²) in [6, 6.07) is 9.39. The number of nitrogens with zero attached hydrogens (tertiary/aromatic N) is 1. The van der Waals surface area contributed by atoms with Crippen LogP contribution in [0.5, 0.6) is 11.5 Å². The van der Waals surface area contributed by atoms with E-state index in [1.807, 2.05) is 12.1 Å². The monoisotopic (exact) mass is 348 g/mol. The maximum absolute atomic E-state index is 12.1. The number of non-ortho nitro benzene ring substituents is 1. The van der Waals surface area contributed by atoms with Crippen LogP contribution in [-0.2, 0) is 11.2 Å². The molecule has 8 heteroatoms. The molecule has 0 aliphatic carbocycles. The highest BCUT2D eigenvalue weighted by molar-refractivity contribution is 6.33. The third-order valence-electron chi connectivity index (χ3n) is 3.51. The van der Waals surface area contributed by atoms with Gasteiger partial charge in [0.2, 0.25) is 12.7 Å². The predicted octanol–water partition coefficient (Wildman–Crippen LogP) is 3.55.